The van der Waals surface area contributed by atoms with Crippen LogP contribution in [0, 0.1) is 0 Å². The van der Waals surface area contributed by atoms with Crippen LogP contribution in [0.5, 0.6) is 0 Å². The van der Waals surface area contributed by atoms with Crippen molar-refractivity contribution in [1.82, 2.24) is 4.90 Å². The zero-order valence-electron chi connectivity index (χ0n) is 17.5. The summed E-state index contributed by atoms with van der Waals surface area (Å²) in [5.41, 5.74) is 0. The summed E-state index contributed by atoms with van der Waals surface area (Å²) in [6, 6.07) is -0.580. The van der Waals surface area contributed by atoms with Crippen molar-refractivity contribution in [3.8, 4) is 0 Å². The smallest absolute Gasteiger partial charge is 0.326 e. The Labute approximate surface area is 166 Å². The van der Waals surface area contributed by atoms with Crippen LogP contribution in [0.25, 0.3) is 0 Å². The first-order chi connectivity index (χ1) is 13.2. The molecule has 1 saturated heterocycles. The summed E-state index contributed by atoms with van der Waals surface area (Å²) in [6.07, 6.45) is 22.7. The first-order valence-corrected chi connectivity index (χ1v) is 11.3. The molecule has 0 aromatic rings. The molecule has 1 amide bonds. The number of aliphatic carboxylic acids is 1. The van der Waals surface area contributed by atoms with Crippen LogP contribution >= 0.6 is 0 Å². The molecule has 1 heterocycles. The van der Waals surface area contributed by atoms with E-state index in [1.165, 1.54) is 70.6 Å². The third kappa shape index (κ3) is 11.2. The van der Waals surface area contributed by atoms with E-state index >= 15 is 0 Å². The molecule has 1 unspecified atom stereocenters. The van der Waals surface area contributed by atoms with E-state index in [-0.39, 0.29) is 5.91 Å². The maximum Gasteiger partial charge on any atom is 0.326 e. The Morgan fingerprint density at radius 1 is 0.889 bits per heavy atom. The molecule has 0 aromatic heterocycles. The molecule has 27 heavy (non-hydrogen) atoms. The highest BCUT2D eigenvalue weighted by Crippen LogP contribution is 2.19. The number of rotatable bonds is 16. The van der Waals surface area contributed by atoms with E-state index in [2.05, 4.69) is 19.1 Å². The van der Waals surface area contributed by atoms with Gasteiger partial charge in [0.15, 0.2) is 0 Å². The van der Waals surface area contributed by atoms with E-state index in [1.807, 2.05) is 0 Å². The van der Waals surface area contributed by atoms with Crippen LogP contribution < -0.4 is 0 Å². The summed E-state index contributed by atoms with van der Waals surface area (Å²) < 4.78 is 0. The van der Waals surface area contributed by atoms with Gasteiger partial charge in [-0.05, 0) is 44.9 Å². The molecule has 1 atom stereocenters. The number of amides is 1. The van der Waals surface area contributed by atoms with Crippen LogP contribution in [-0.2, 0) is 9.59 Å². The lowest BCUT2D eigenvalue weighted by Crippen LogP contribution is -2.40. The monoisotopic (exact) mass is 379 g/mol. The lowest BCUT2D eigenvalue weighted by atomic mass is 10.1. The highest BCUT2D eigenvalue weighted by molar-refractivity contribution is 5.84. The van der Waals surface area contributed by atoms with Crippen LogP contribution in [0.2, 0.25) is 0 Å². The molecule has 0 aromatic carbocycles. The minimum Gasteiger partial charge on any atom is -0.480 e. The fraction of sp³-hybridized carbons (Fsp3) is 0.826. The summed E-state index contributed by atoms with van der Waals surface area (Å²) in [4.78, 5) is 24.9. The van der Waals surface area contributed by atoms with Crippen LogP contribution in [0.1, 0.15) is 110 Å². The molecule has 1 fully saturated rings. The fourth-order valence-electron chi connectivity index (χ4n) is 3.81. The Bertz CT molecular complexity index is 433. The largest absolute Gasteiger partial charge is 0.480 e. The second-order valence-electron chi connectivity index (χ2n) is 7.92. The van der Waals surface area contributed by atoms with Crippen molar-refractivity contribution in [3.63, 3.8) is 0 Å². The Kier molecular flexibility index (Phi) is 13.8. The second kappa shape index (κ2) is 15.7. The summed E-state index contributed by atoms with van der Waals surface area (Å²) in [5, 5.41) is 9.14. The van der Waals surface area contributed by atoms with Gasteiger partial charge in [0.05, 0.1) is 0 Å². The third-order valence-corrected chi connectivity index (χ3v) is 5.51. The number of carbonyl (C=O) groups excluding carboxylic acids is 1. The molecule has 1 N–H and O–H groups in total. The number of carboxylic acid groups (broad SMARTS) is 1. The van der Waals surface area contributed by atoms with Crippen molar-refractivity contribution in [2.45, 2.75) is 116 Å². The molecule has 1 rings (SSSR count). The van der Waals surface area contributed by atoms with E-state index < -0.39 is 12.0 Å². The van der Waals surface area contributed by atoms with Gasteiger partial charge in [-0.25, -0.2) is 4.79 Å². The standard InChI is InChI=1S/C23H41NO3/c1-2-3-4-5-6-7-8-9-10-11-12-13-14-15-16-19-22(25)24-20-17-18-21(24)23(26)27/h6-7,21H,2-5,8-20H2,1H3,(H,26,27)/b7-6-. The Morgan fingerprint density at radius 3 is 2.04 bits per heavy atom. The minimum atomic E-state index is -0.854. The van der Waals surface area contributed by atoms with Gasteiger partial charge >= 0.3 is 5.97 Å². The lowest BCUT2D eigenvalue weighted by molar-refractivity contribution is -0.148. The quantitative estimate of drug-likeness (QED) is 0.260. The minimum absolute atomic E-state index is 0.0302. The predicted molar refractivity (Wildman–Crippen MR) is 112 cm³/mol. The SMILES string of the molecule is CCCCC/C=C\CCCCCCCCCCC(=O)N1CCCC1C(=O)O. The van der Waals surface area contributed by atoms with Crippen LogP contribution in [0.4, 0.5) is 0 Å². The van der Waals surface area contributed by atoms with Crippen LogP contribution in [-0.4, -0.2) is 34.5 Å². The average molecular weight is 380 g/mol. The third-order valence-electron chi connectivity index (χ3n) is 5.51. The Balaban J connectivity index is 1.88. The van der Waals surface area contributed by atoms with Crippen LogP contribution in [0.15, 0.2) is 12.2 Å². The summed E-state index contributed by atoms with van der Waals surface area (Å²) in [7, 11) is 0. The molecular formula is C23H41NO3. The van der Waals surface area contributed by atoms with Crippen molar-refractivity contribution in [3.05, 3.63) is 12.2 Å². The van der Waals surface area contributed by atoms with E-state index in [4.69, 9.17) is 5.11 Å². The second-order valence-corrected chi connectivity index (χ2v) is 7.92. The maximum atomic E-state index is 12.2. The molecule has 156 valence electrons. The van der Waals surface area contributed by atoms with Crippen molar-refractivity contribution in [2.75, 3.05) is 6.54 Å². The van der Waals surface area contributed by atoms with E-state index in [0.717, 1.165) is 19.3 Å². The first kappa shape index (κ1) is 23.7. The zero-order valence-corrected chi connectivity index (χ0v) is 17.5. The highest BCUT2D eigenvalue weighted by Gasteiger charge is 2.33. The van der Waals surface area contributed by atoms with Gasteiger partial charge in [-0.2, -0.15) is 0 Å². The van der Waals surface area contributed by atoms with Crippen molar-refractivity contribution in [2.24, 2.45) is 0 Å². The fourth-order valence-corrected chi connectivity index (χ4v) is 3.81. The highest BCUT2D eigenvalue weighted by atomic mass is 16.4. The Hall–Kier alpha value is -1.32. The van der Waals surface area contributed by atoms with Gasteiger partial charge in [0, 0.05) is 13.0 Å². The number of unbranched alkanes of at least 4 members (excludes halogenated alkanes) is 11. The van der Waals surface area contributed by atoms with Crippen molar-refractivity contribution < 1.29 is 14.7 Å². The van der Waals surface area contributed by atoms with Gasteiger partial charge in [0.1, 0.15) is 6.04 Å². The van der Waals surface area contributed by atoms with E-state index in [0.29, 0.717) is 19.4 Å². The molecule has 1 aliphatic rings. The van der Waals surface area contributed by atoms with Crippen LogP contribution in [0.3, 0.4) is 0 Å². The van der Waals surface area contributed by atoms with E-state index in [1.54, 1.807) is 4.90 Å². The van der Waals surface area contributed by atoms with Crippen molar-refractivity contribution in [1.29, 1.82) is 0 Å². The number of allylic oxidation sites excluding steroid dienone is 2. The summed E-state index contributed by atoms with van der Waals surface area (Å²) in [6.45, 7) is 2.86. The zero-order chi connectivity index (χ0) is 19.7. The molecule has 0 saturated carbocycles. The van der Waals surface area contributed by atoms with Gasteiger partial charge in [-0.1, -0.05) is 70.4 Å². The van der Waals surface area contributed by atoms with Gasteiger partial charge in [-0.15, -0.1) is 0 Å². The average Bonchev–Trinajstić information content (AvgIpc) is 3.15. The summed E-state index contributed by atoms with van der Waals surface area (Å²) >= 11 is 0. The lowest BCUT2D eigenvalue weighted by Gasteiger charge is -2.21. The van der Waals surface area contributed by atoms with E-state index in [9.17, 15) is 9.59 Å². The normalized spacial score (nSPS) is 17.1. The molecule has 0 bridgehead atoms. The van der Waals surface area contributed by atoms with Gasteiger partial charge < -0.3 is 10.0 Å². The number of carbonyl (C=O) groups is 2. The molecule has 0 spiro atoms. The number of nitrogens with zero attached hydrogens (tertiary/aromatic N) is 1. The van der Waals surface area contributed by atoms with Gasteiger partial charge in [0.2, 0.25) is 5.91 Å². The molecule has 4 nitrogen and oxygen atoms in total. The maximum absolute atomic E-state index is 12.2. The van der Waals surface area contributed by atoms with Gasteiger partial charge in [0.25, 0.3) is 0 Å². The number of hydrogen-bond donors (Lipinski definition) is 1. The topological polar surface area (TPSA) is 57.6 Å². The first-order valence-electron chi connectivity index (χ1n) is 11.3. The Morgan fingerprint density at radius 2 is 1.44 bits per heavy atom. The predicted octanol–water partition coefficient (Wildman–Crippen LogP) is 6.10. The molecular weight excluding hydrogens is 338 g/mol. The number of hydrogen-bond acceptors (Lipinski definition) is 2. The molecule has 4 heteroatoms. The van der Waals surface area contributed by atoms with Gasteiger partial charge in [-0.3, -0.25) is 4.79 Å². The molecule has 1 aliphatic heterocycles. The number of carboxylic acids is 1. The molecule has 0 aliphatic carbocycles. The summed E-state index contributed by atoms with van der Waals surface area (Å²) in [5.74, 6) is -0.824. The number of likely N-dealkylation sites (tertiary alicyclic amines) is 1. The molecule has 0 radical (unpaired) electrons. The van der Waals surface area contributed by atoms with Crippen molar-refractivity contribution >= 4 is 11.9 Å².